The maximum absolute atomic E-state index is 11.9. The van der Waals surface area contributed by atoms with E-state index in [9.17, 15) is 4.21 Å². The topological polar surface area (TPSA) is 52.3 Å². The highest BCUT2D eigenvalue weighted by Gasteiger charge is 2.30. The van der Waals surface area contributed by atoms with Crippen molar-refractivity contribution in [3.05, 3.63) is 65.7 Å². The van der Waals surface area contributed by atoms with E-state index in [1.165, 1.54) is 5.56 Å². The summed E-state index contributed by atoms with van der Waals surface area (Å²) in [4.78, 5) is 0. The van der Waals surface area contributed by atoms with Crippen LogP contribution in [0.25, 0.3) is 0 Å². The van der Waals surface area contributed by atoms with E-state index in [0.29, 0.717) is 6.42 Å². The average molecular weight is 317 g/mol. The molecule has 0 aromatic heterocycles. The molecule has 0 aliphatic rings. The third-order valence-electron chi connectivity index (χ3n) is 3.96. The highest BCUT2D eigenvalue weighted by atomic mass is 32.2. The maximum Gasteiger partial charge on any atom is 0.122 e. The molecule has 4 heteroatoms. The number of nitrogens with two attached hydrogens (primary N) is 1. The Morgan fingerprint density at radius 3 is 2.27 bits per heavy atom. The molecule has 2 atom stereocenters. The minimum atomic E-state index is -1.39. The molecule has 0 saturated carbocycles. The first kappa shape index (κ1) is 16.7. The molecule has 0 aliphatic carbocycles. The Hall–Kier alpha value is -1.65. The molecule has 0 radical (unpaired) electrons. The van der Waals surface area contributed by atoms with Crippen molar-refractivity contribution in [1.29, 1.82) is 0 Å². The van der Waals surface area contributed by atoms with Crippen molar-refractivity contribution < 1.29 is 8.95 Å². The highest BCUT2D eigenvalue weighted by Crippen LogP contribution is 2.38. The van der Waals surface area contributed by atoms with Crippen LogP contribution >= 0.6 is 0 Å². The lowest BCUT2D eigenvalue weighted by molar-refractivity contribution is 0.404. The predicted octanol–water partition coefficient (Wildman–Crippen LogP) is 3.62. The van der Waals surface area contributed by atoms with Crippen LogP contribution in [0.2, 0.25) is 0 Å². The van der Waals surface area contributed by atoms with E-state index in [4.69, 9.17) is 9.88 Å². The van der Waals surface area contributed by atoms with Gasteiger partial charge < -0.3 is 4.74 Å². The van der Waals surface area contributed by atoms with Crippen LogP contribution in [0.3, 0.4) is 0 Å². The molecule has 2 N–H and O–H groups in total. The van der Waals surface area contributed by atoms with Crippen molar-refractivity contribution in [2.24, 2.45) is 5.14 Å². The first-order chi connectivity index (χ1) is 10.5. The summed E-state index contributed by atoms with van der Waals surface area (Å²) < 4.78 is 16.9. The molecule has 0 aliphatic heterocycles. The van der Waals surface area contributed by atoms with Gasteiger partial charge in [0.1, 0.15) is 5.75 Å². The quantitative estimate of drug-likeness (QED) is 0.884. The number of rotatable bonds is 6. The molecular weight excluding hydrogens is 294 g/mol. The largest absolute Gasteiger partial charge is 0.496 e. The smallest absolute Gasteiger partial charge is 0.122 e. The van der Waals surface area contributed by atoms with Crippen LogP contribution in [0.1, 0.15) is 37.3 Å². The van der Waals surface area contributed by atoms with E-state index >= 15 is 0 Å². The van der Waals surface area contributed by atoms with E-state index in [2.05, 4.69) is 18.2 Å². The van der Waals surface area contributed by atoms with Gasteiger partial charge in [-0.15, -0.1) is 0 Å². The molecule has 1 unspecified atom stereocenters. The Bertz CT molecular complexity index is 641. The Kier molecular flexibility index (Phi) is 5.37. The summed E-state index contributed by atoms with van der Waals surface area (Å²) in [6.45, 7) is 3.88. The fraction of sp³-hybridized carbons (Fsp3) is 0.333. The molecule has 0 heterocycles. The van der Waals surface area contributed by atoms with Crippen molar-refractivity contribution >= 4 is 11.0 Å². The Labute approximate surface area is 135 Å². The Morgan fingerprint density at radius 1 is 1.09 bits per heavy atom. The molecule has 0 fully saturated rings. The monoisotopic (exact) mass is 317 g/mol. The Balaban J connectivity index is 2.49. The number of benzene rings is 2. The zero-order valence-electron chi connectivity index (χ0n) is 13.3. The summed E-state index contributed by atoms with van der Waals surface area (Å²) >= 11 is 0. The van der Waals surface area contributed by atoms with Crippen molar-refractivity contribution in [2.45, 2.75) is 30.9 Å². The minimum absolute atomic E-state index is 0.0832. The zero-order chi connectivity index (χ0) is 16.2. The molecule has 0 bridgehead atoms. The number of para-hydroxylation sites is 1. The van der Waals surface area contributed by atoms with E-state index in [1.807, 2.05) is 50.2 Å². The predicted molar refractivity (Wildman–Crippen MR) is 92.3 cm³/mol. The standard InChI is InChI=1S/C18H23NO2S/c1-18(2,22(19)20)13-16(14-9-5-4-6-10-14)15-11-7-8-12-17(15)21-3/h4-12,16H,13,19H2,1-3H3/t16-,22?/m0/s1. The van der Waals surface area contributed by atoms with Gasteiger partial charge in [-0.25, -0.2) is 4.21 Å². The van der Waals surface area contributed by atoms with E-state index in [-0.39, 0.29) is 5.92 Å². The van der Waals surface area contributed by atoms with Crippen LogP contribution < -0.4 is 9.88 Å². The van der Waals surface area contributed by atoms with Gasteiger partial charge in [-0.2, -0.15) is 0 Å². The van der Waals surface area contributed by atoms with Crippen molar-refractivity contribution in [3.8, 4) is 5.75 Å². The second-order valence-electron chi connectivity index (χ2n) is 5.97. The summed E-state index contributed by atoms with van der Waals surface area (Å²) in [5.74, 6) is 0.926. The van der Waals surface area contributed by atoms with Crippen LogP contribution in [-0.2, 0) is 11.0 Å². The van der Waals surface area contributed by atoms with Crippen LogP contribution in [0.5, 0.6) is 5.75 Å². The molecule has 0 saturated heterocycles. The third-order valence-corrected chi connectivity index (χ3v) is 5.21. The number of ether oxygens (including phenoxy) is 1. The summed E-state index contributed by atoms with van der Waals surface area (Å²) in [5.41, 5.74) is 2.26. The van der Waals surface area contributed by atoms with Gasteiger partial charge in [0.25, 0.3) is 0 Å². The summed E-state index contributed by atoms with van der Waals surface area (Å²) in [7, 11) is 0.280. The second-order valence-corrected chi connectivity index (χ2v) is 7.67. The van der Waals surface area contributed by atoms with Crippen LogP contribution in [0.4, 0.5) is 0 Å². The maximum atomic E-state index is 11.9. The first-order valence-electron chi connectivity index (χ1n) is 7.30. The van der Waals surface area contributed by atoms with Gasteiger partial charge in [-0.05, 0) is 31.9 Å². The fourth-order valence-corrected chi connectivity index (χ4v) is 2.95. The first-order valence-corrected chi connectivity index (χ1v) is 8.51. The van der Waals surface area contributed by atoms with Crippen LogP contribution in [-0.4, -0.2) is 16.1 Å². The molecule has 2 aromatic carbocycles. The van der Waals surface area contributed by atoms with Gasteiger partial charge in [0.2, 0.25) is 0 Å². The van der Waals surface area contributed by atoms with Crippen LogP contribution in [0, 0.1) is 0 Å². The summed E-state index contributed by atoms with van der Waals surface area (Å²) in [5, 5.41) is 5.69. The lowest BCUT2D eigenvalue weighted by Crippen LogP contribution is -2.34. The van der Waals surface area contributed by atoms with Gasteiger partial charge >= 0.3 is 0 Å². The molecular formula is C18H23NO2S. The van der Waals surface area contributed by atoms with Gasteiger partial charge in [0.15, 0.2) is 0 Å². The molecule has 22 heavy (non-hydrogen) atoms. The normalized spacial score (nSPS) is 14.4. The summed E-state index contributed by atoms with van der Waals surface area (Å²) in [6, 6.07) is 18.2. The zero-order valence-corrected chi connectivity index (χ0v) is 14.1. The van der Waals surface area contributed by atoms with Gasteiger partial charge in [0.05, 0.1) is 22.8 Å². The Morgan fingerprint density at radius 2 is 1.68 bits per heavy atom. The van der Waals surface area contributed by atoms with Crippen molar-refractivity contribution in [2.75, 3.05) is 7.11 Å². The van der Waals surface area contributed by atoms with Gasteiger partial charge in [0, 0.05) is 11.5 Å². The van der Waals surface area contributed by atoms with E-state index in [1.54, 1.807) is 7.11 Å². The molecule has 2 rings (SSSR count). The number of methoxy groups -OCH3 is 1. The van der Waals surface area contributed by atoms with E-state index < -0.39 is 15.7 Å². The van der Waals surface area contributed by atoms with E-state index in [0.717, 1.165) is 11.3 Å². The average Bonchev–Trinajstić information content (AvgIpc) is 2.53. The summed E-state index contributed by atoms with van der Waals surface area (Å²) in [6.07, 6.45) is 0.681. The molecule has 118 valence electrons. The van der Waals surface area contributed by atoms with Crippen LogP contribution in [0.15, 0.2) is 54.6 Å². The molecule has 0 amide bonds. The lowest BCUT2D eigenvalue weighted by Gasteiger charge is -2.29. The SMILES string of the molecule is COc1ccccc1[C@@H](CC(C)(C)S(N)=O)c1ccccc1. The minimum Gasteiger partial charge on any atom is -0.496 e. The highest BCUT2D eigenvalue weighted by molar-refractivity contribution is 7.84. The number of hydrogen-bond donors (Lipinski definition) is 1. The van der Waals surface area contributed by atoms with Gasteiger partial charge in [-0.1, -0.05) is 48.5 Å². The third kappa shape index (κ3) is 3.76. The van der Waals surface area contributed by atoms with Crippen molar-refractivity contribution in [1.82, 2.24) is 0 Å². The van der Waals surface area contributed by atoms with Gasteiger partial charge in [-0.3, -0.25) is 5.14 Å². The molecule has 0 spiro atoms. The molecule has 3 nitrogen and oxygen atoms in total. The lowest BCUT2D eigenvalue weighted by atomic mass is 9.84. The second kappa shape index (κ2) is 7.07. The van der Waals surface area contributed by atoms with Crippen molar-refractivity contribution in [3.63, 3.8) is 0 Å². The molecule has 2 aromatic rings. The number of hydrogen-bond acceptors (Lipinski definition) is 2. The fourth-order valence-electron chi connectivity index (χ4n) is 2.62.